The third-order valence-corrected chi connectivity index (χ3v) is 2.36. The van der Waals surface area contributed by atoms with Gasteiger partial charge < -0.3 is 10.3 Å². The summed E-state index contributed by atoms with van der Waals surface area (Å²) < 4.78 is 12.7. The number of aromatic amines is 1. The predicted octanol–water partition coefficient (Wildman–Crippen LogP) is 2.59. The molecule has 0 aliphatic carbocycles. The molecule has 84 valence electrons. The molecule has 16 heavy (non-hydrogen) atoms. The molecule has 0 spiro atoms. The first kappa shape index (κ1) is 10.7. The van der Waals surface area contributed by atoms with E-state index in [4.69, 9.17) is 0 Å². The Morgan fingerprint density at radius 3 is 2.75 bits per heavy atom. The van der Waals surface area contributed by atoms with Crippen LogP contribution in [-0.4, -0.2) is 16.0 Å². The largest absolute Gasteiger partial charge is 0.368 e. The summed E-state index contributed by atoms with van der Waals surface area (Å²) in [6, 6.07) is 6.85. The van der Waals surface area contributed by atoms with Gasteiger partial charge in [-0.15, -0.1) is 0 Å². The second-order valence-electron chi connectivity index (χ2n) is 3.84. The Hall–Kier alpha value is -1.84. The van der Waals surface area contributed by atoms with Crippen LogP contribution in [0.2, 0.25) is 0 Å². The first-order chi connectivity index (χ1) is 7.74. The van der Waals surface area contributed by atoms with Crippen LogP contribution in [0.15, 0.2) is 36.8 Å². The number of halogens is 1. The molecule has 1 aromatic carbocycles. The van der Waals surface area contributed by atoms with E-state index in [0.29, 0.717) is 0 Å². The Labute approximate surface area is 93.7 Å². The van der Waals surface area contributed by atoms with Gasteiger partial charge in [-0.2, -0.15) is 0 Å². The van der Waals surface area contributed by atoms with Gasteiger partial charge in [0.1, 0.15) is 11.6 Å². The highest BCUT2D eigenvalue weighted by molar-refractivity contribution is 5.32. The minimum atomic E-state index is -0.196. The Bertz CT molecular complexity index is 422. The van der Waals surface area contributed by atoms with E-state index in [0.717, 1.165) is 17.8 Å². The van der Waals surface area contributed by atoms with Gasteiger partial charge in [-0.1, -0.05) is 12.1 Å². The minimum absolute atomic E-state index is 0.196. The SMILES string of the molecule is CC(Cc1ccc(F)cc1)Nc1cnc[nH]1. The molecule has 2 aromatic rings. The number of nitrogens with zero attached hydrogens (tertiary/aromatic N) is 1. The smallest absolute Gasteiger partial charge is 0.123 e. The van der Waals surface area contributed by atoms with Crippen molar-refractivity contribution in [2.75, 3.05) is 5.32 Å². The van der Waals surface area contributed by atoms with Gasteiger partial charge in [0.2, 0.25) is 0 Å². The van der Waals surface area contributed by atoms with Crippen molar-refractivity contribution in [1.82, 2.24) is 9.97 Å². The van der Waals surface area contributed by atoms with Crippen LogP contribution in [0.3, 0.4) is 0 Å². The summed E-state index contributed by atoms with van der Waals surface area (Å²) in [5.41, 5.74) is 1.11. The molecule has 0 bridgehead atoms. The lowest BCUT2D eigenvalue weighted by molar-refractivity contribution is 0.626. The predicted molar refractivity (Wildman–Crippen MR) is 61.8 cm³/mol. The standard InChI is InChI=1S/C12H14FN3/c1-9(16-12-7-14-8-15-12)6-10-2-4-11(13)5-3-10/h2-5,7-9,16H,6H2,1H3,(H,14,15). The number of hydrogen-bond acceptors (Lipinski definition) is 2. The molecule has 0 saturated carbocycles. The molecule has 0 radical (unpaired) electrons. The Kier molecular flexibility index (Phi) is 3.19. The Morgan fingerprint density at radius 2 is 2.12 bits per heavy atom. The molecule has 3 nitrogen and oxygen atoms in total. The maximum atomic E-state index is 12.7. The minimum Gasteiger partial charge on any atom is -0.368 e. The number of rotatable bonds is 4. The molecular weight excluding hydrogens is 205 g/mol. The van der Waals surface area contributed by atoms with Gasteiger partial charge in [-0.05, 0) is 31.0 Å². The summed E-state index contributed by atoms with van der Waals surface area (Å²) in [6.07, 6.45) is 4.22. The highest BCUT2D eigenvalue weighted by Gasteiger charge is 2.04. The third kappa shape index (κ3) is 2.82. The highest BCUT2D eigenvalue weighted by atomic mass is 19.1. The van der Waals surface area contributed by atoms with Crippen molar-refractivity contribution in [2.24, 2.45) is 0 Å². The molecule has 1 unspecified atom stereocenters. The van der Waals surface area contributed by atoms with E-state index < -0.39 is 0 Å². The number of nitrogens with one attached hydrogen (secondary N) is 2. The molecule has 1 atom stereocenters. The van der Waals surface area contributed by atoms with Crippen LogP contribution >= 0.6 is 0 Å². The van der Waals surface area contributed by atoms with Crippen molar-refractivity contribution in [1.29, 1.82) is 0 Å². The number of aromatic nitrogens is 2. The van der Waals surface area contributed by atoms with Crippen LogP contribution in [0.25, 0.3) is 0 Å². The number of hydrogen-bond donors (Lipinski definition) is 2. The van der Waals surface area contributed by atoms with Gasteiger partial charge in [0.15, 0.2) is 0 Å². The molecule has 2 N–H and O–H groups in total. The fourth-order valence-electron chi connectivity index (χ4n) is 1.63. The molecule has 0 amide bonds. The fraction of sp³-hybridized carbons (Fsp3) is 0.250. The molecule has 0 saturated heterocycles. The third-order valence-electron chi connectivity index (χ3n) is 2.36. The van der Waals surface area contributed by atoms with Crippen LogP contribution in [0.4, 0.5) is 10.2 Å². The van der Waals surface area contributed by atoms with E-state index in [1.54, 1.807) is 24.7 Å². The van der Waals surface area contributed by atoms with E-state index in [9.17, 15) is 4.39 Å². The zero-order valence-corrected chi connectivity index (χ0v) is 9.07. The molecule has 1 heterocycles. The molecule has 0 aliphatic rings. The number of H-pyrrole nitrogens is 1. The van der Waals surface area contributed by atoms with Crippen molar-refractivity contribution in [2.45, 2.75) is 19.4 Å². The lowest BCUT2D eigenvalue weighted by Gasteiger charge is -2.13. The summed E-state index contributed by atoms with van der Waals surface area (Å²) in [6.45, 7) is 2.07. The van der Waals surface area contributed by atoms with Crippen LogP contribution in [0, 0.1) is 5.82 Å². The van der Waals surface area contributed by atoms with Crippen molar-refractivity contribution < 1.29 is 4.39 Å². The van der Waals surface area contributed by atoms with Gasteiger partial charge in [0, 0.05) is 6.04 Å². The van der Waals surface area contributed by atoms with Gasteiger partial charge in [0.25, 0.3) is 0 Å². The maximum absolute atomic E-state index is 12.7. The number of benzene rings is 1. The summed E-state index contributed by atoms with van der Waals surface area (Å²) in [4.78, 5) is 6.91. The number of anilines is 1. The lowest BCUT2D eigenvalue weighted by Crippen LogP contribution is -2.18. The second kappa shape index (κ2) is 4.79. The Balaban J connectivity index is 1.92. The second-order valence-corrected chi connectivity index (χ2v) is 3.84. The normalized spacial score (nSPS) is 12.4. The van der Waals surface area contributed by atoms with Crippen molar-refractivity contribution in [3.8, 4) is 0 Å². The molecule has 4 heteroatoms. The van der Waals surface area contributed by atoms with E-state index in [-0.39, 0.29) is 11.9 Å². The summed E-state index contributed by atoms with van der Waals surface area (Å²) in [5.74, 6) is 0.701. The quantitative estimate of drug-likeness (QED) is 0.829. The van der Waals surface area contributed by atoms with Crippen molar-refractivity contribution in [3.63, 3.8) is 0 Å². The topological polar surface area (TPSA) is 40.7 Å². The van der Waals surface area contributed by atoms with Gasteiger partial charge in [0.05, 0.1) is 12.5 Å². The molecule has 0 fully saturated rings. The van der Waals surface area contributed by atoms with Crippen LogP contribution < -0.4 is 5.32 Å². The van der Waals surface area contributed by atoms with E-state index in [1.807, 2.05) is 0 Å². The molecule has 0 aliphatic heterocycles. The molecule has 1 aromatic heterocycles. The Morgan fingerprint density at radius 1 is 1.38 bits per heavy atom. The summed E-state index contributed by atoms with van der Waals surface area (Å²) in [7, 11) is 0. The first-order valence-electron chi connectivity index (χ1n) is 5.23. The lowest BCUT2D eigenvalue weighted by atomic mass is 10.1. The highest BCUT2D eigenvalue weighted by Crippen LogP contribution is 2.09. The van der Waals surface area contributed by atoms with E-state index in [2.05, 4.69) is 22.2 Å². The van der Waals surface area contributed by atoms with E-state index >= 15 is 0 Å². The number of imidazole rings is 1. The molecular formula is C12H14FN3. The monoisotopic (exact) mass is 219 g/mol. The van der Waals surface area contributed by atoms with Gasteiger partial charge in [-0.25, -0.2) is 9.37 Å². The van der Waals surface area contributed by atoms with Crippen LogP contribution in [0.1, 0.15) is 12.5 Å². The van der Waals surface area contributed by atoms with Crippen molar-refractivity contribution >= 4 is 5.82 Å². The van der Waals surface area contributed by atoms with Crippen LogP contribution in [-0.2, 0) is 6.42 Å². The summed E-state index contributed by atoms with van der Waals surface area (Å²) in [5, 5.41) is 3.27. The molecule has 2 rings (SSSR count). The van der Waals surface area contributed by atoms with Gasteiger partial charge in [-0.3, -0.25) is 0 Å². The average Bonchev–Trinajstić information content (AvgIpc) is 2.74. The van der Waals surface area contributed by atoms with Gasteiger partial charge >= 0.3 is 0 Å². The van der Waals surface area contributed by atoms with Crippen LogP contribution in [0.5, 0.6) is 0 Å². The zero-order chi connectivity index (χ0) is 11.4. The van der Waals surface area contributed by atoms with Crippen molar-refractivity contribution in [3.05, 3.63) is 48.2 Å². The fourth-order valence-corrected chi connectivity index (χ4v) is 1.63. The maximum Gasteiger partial charge on any atom is 0.123 e. The zero-order valence-electron chi connectivity index (χ0n) is 9.07. The first-order valence-corrected chi connectivity index (χ1v) is 5.23. The summed E-state index contributed by atoms with van der Waals surface area (Å²) >= 11 is 0. The van der Waals surface area contributed by atoms with E-state index in [1.165, 1.54) is 12.1 Å². The average molecular weight is 219 g/mol.